The Hall–Kier alpha value is -2.11. The van der Waals surface area contributed by atoms with Crippen molar-refractivity contribution in [3.63, 3.8) is 0 Å². The Balaban J connectivity index is 3.11. The van der Waals surface area contributed by atoms with Crippen LogP contribution in [0.25, 0.3) is 0 Å². The third kappa shape index (κ3) is 3.69. The lowest BCUT2D eigenvalue weighted by molar-refractivity contribution is -0.385. The number of benzene rings is 1. The smallest absolute Gasteiger partial charge is 0.282 e. The van der Waals surface area contributed by atoms with Gasteiger partial charge in [0.1, 0.15) is 11.3 Å². The number of rotatable bonds is 6. The van der Waals surface area contributed by atoms with E-state index < -0.39 is 10.8 Å². The SMILES string of the molecule is CCC(C)CN(CC)C(=O)c1cc(O)ccc1[N+](=O)[O-]. The van der Waals surface area contributed by atoms with E-state index in [2.05, 4.69) is 0 Å². The summed E-state index contributed by atoms with van der Waals surface area (Å²) in [4.78, 5) is 24.4. The van der Waals surface area contributed by atoms with Gasteiger partial charge in [0.05, 0.1) is 4.92 Å². The van der Waals surface area contributed by atoms with E-state index in [9.17, 15) is 20.0 Å². The Morgan fingerprint density at radius 3 is 2.60 bits per heavy atom. The molecule has 0 spiro atoms. The molecule has 0 aliphatic heterocycles. The van der Waals surface area contributed by atoms with Crippen molar-refractivity contribution in [2.24, 2.45) is 5.92 Å². The number of phenolic OH excluding ortho intramolecular Hbond substituents is 1. The van der Waals surface area contributed by atoms with Gasteiger partial charge in [-0.3, -0.25) is 14.9 Å². The zero-order valence-corrected chi connectivity index (χ0v) is 12.0. The number of nitro benzene ring substituents is 1. The average Bonchev–Trinajstić information content (AvgIpc) is 2.43. The summed E-state index contributed by atoms with van der Waals surface area (Å²) in [5, 5.41) is 20.4. The summed E-state index contributed by atoms with van der Waals surface area (Å²) >= 11 is 0. The summed E-state index contributed by atoms with van der Waals surface area (Å²) in [6, 6.07) is 3.51. The lowest BCUT2D eigenvalue weighted by Crippen LogP contribution is -2.34. The highest BCUT2D eigenvalue weighted by Crippen LogP contribution is 2.25. The van der Waals surface area contributed by atoms with Gasteiger partial charge in [0.2, 0.25) is 0 Å². The Kier molecular flexibility index (Phi) is 5.49. The van der Waals surface area contributed by atoms with Gasteiger partial charge < -0.3 is 10.0 Å². The van der Waals surface area contributed by atoms with Crippen LogP contribution in [-0.4, -0.2) is 33.9 Å². The molecule has 1 unspecified atom stereocenters. The Labute approximate surface area is 118 Å². The van der Waals surface area contributed by atoms with Crippen molar-refractivity contribution >= 4 is 11.6 Å². The van der Waals surface area contributed by atoms with Crippen LogP contribution in [0.1, 0.15) is 37.6 Å². The molecule has 0 aromatic heterocycles. The first kappa shape index (κ1) is 15.9. The maximum absolute atomic E-state index is 12.4. The summed E-state index contributed by atoms with van der Waals surface area (Å²) in [6.45, 7) is 6.89. The number of phenols is 1. The summed E-state index contributed by atoms with van der Waals surface area (Å²) in [6.07, 6.45) is 0.923. The molecule has 6 nitrogen and oxygen atoms in total. The van der Waals surface area contributed by atoms with E-state index in [0.29, 0.717) is 19.0 Å². The second-order valence-corrected chi connectivity index (χ2v) is 4.82. The molecule has 1 aromatic rings. The standard InChI is InChI=1S/C14H20N2O4/c1-4-10(3)9-15(5-2)14(18)12-8-11(17)6-7-13(12)16(19)20/h6-8,10,17H,4-5,9H2,1-3H3. The van der Waals surface area contributed by atoms with E-state index in [4.69, 9.17) is 0 Å². The zero-order valence-electron chi connectivity index (χ0n) is 12.0. The molecule has 1 N–H and O–H groups in total. The second kappa shape index (κ2) is 6.88. The predicted octanol–water partition coefficient (Wildman–Crippen LogP) is 2.81. The molecular weight excluding hydrogens is 260 g/mol. The molecule has 1 atom stereocenters. The molecule has 0 radical (unpaired) electrons. The van der Waals surface area contributed by atoms with Crippen LogP contribution < -0.4 is 0 Å². The molecule has 1 rings (SSSR count). The molecule has 0 fully saturated rings. The molecule has 0 aliphatic rings. The summed E-state index contributed by atoms with van der Waals surface area (Å²) < 4.78 is 0. The molecule has 1 amide bonds. The van der Waals surface area contributed by atoms with Gasteiger partial charge in [-0.1, -0.05) is 20.3 Å². The number of carbonyl (C=O) groups excluding carboxylic acids is 1. The van der Waals surface area contributed by atoms with E-state index in [0.717, 1.165) is 18.6 Å². The van der Waals surface area contributed by atoms with E-state index >= 15 is 0 Å². The number of aromatic hydroxyl groups is 1. The van der Waals surface area contributed by atoms with Crippen molar-refractivity contribution in [3.8, 4) is 5.75 Å². The summed E-state index contributed by atoms with van der Waals surface area (Å²) in [5.74, 6) is -0.260. The first-order chi connectivity index (χ1) is 9.40. The first-order valence-corrected chi connectivity index (χ1v) is 6.67. The van der Waals surface area contributed by atoms with Gasteiger partial charge in [-0.05, 0) is 25.0 Å². The van der Waals surface area contributed by atoms with Gasteiger partial charge in [-0.2, -0.15) is 0 Å². The van der Waals surface area contributed by atoms with Crippen LogP contribution in [-0.2, 0) is 0 Å². The second-order valence-electron chi connectivity index (χ2n) is 4.82. The lowest BCUT2D eigenvalue weighted by Gasteiger charge is -2.24. The Morgan fingerprint density at radius 1 is 1.45 bits per heavy atom. The van der Waals surface area contributed by atoms with Crippen LogP contribution in [0.3, 0.4) is 0 Å². The van der Waals surface area contributed by atoms with E-state index in [1.54, 1.807) is 4.90 Å². The quantitative estimate of drug-likeness (QED) is 0.641. The normalized spacial score (nSPS) is 11.9. The average molecular weight is 280 g/mol. The molecule has 0 saturated heterocycles. The molecule has 1 aromatic carbocycles. The fraction of sp³-hybridized carbons (Fsp3) is 0.500. The number of nitrogens with zero attached hydrogens (tertiary/aromatic N) is 2. The van der Waals surface area contributed by atoms with Crippen molar-refractivity contribution in [3.05, 3.63) is 33.9 Å². The minimum atomic E-state index is -0.607. The predicted molar refractivity (Wildman–Crippen MR) is 75.8 cm³/mol. The van der Waals surface area contributed by atoms with Crippen molar-refractivity contribution in [1.82, 2.24) is 4.90 Å². The monoisotopic (exact) mass is 280 g/mol. The van der Waals surface area contributed by atoms with E-state index in [1.807, 2.05) is 20.8 Å². The lowest BCUT2D eigenvalue weighted by atomic mass is 10.1. The number of amides is 1. The fourth-order valence-electron chi connectivity index (χ4n) is 1.89. The maximum Gasteiger partial charge on any atom is 0.282 e. The molecule has 6 heteroatoms. The first-order valence-electron chi connectivity index (χ1n) is 6.67. The summed E-state index contributed by atoms with van der Waals surface area (Å²) in [7, 11) is 0. The Morgan fingerprint density at radius 2 is 2.10 bits per heavy atom. The highest BCUT2D eigenvalue weighted by molar-refractivity contribution is 5.98. The Bertz CT molecular complexity index is 502. The van der Waals surface area contributed by atoms with Crippen LogP contribution in [0, 0.1) is 16.0 Å². The van der Waals surface area contributed by atoms with Crippen molar-refractivity contribution in [1.29, 1.82) is 0 Å². The minimum Gasteiger partial charge on any atom is -0.508 e. The number of carbonyl (C=O) groups is 1. The van der Waals surface area contributed by atoms with E-state index in [-0.39, 0.29) is 17.0 Å². The van der Waals surface area contributed by atoms with Crippen LogP contribution in [0.15, 0.2) is 18.2 Å². The highest BCUT2D eigenvalue weighted by atomic mass is 16.6. The molecular formula is C14H20N2O4. The maximum atomic E-state index is 12.4. The molecule has 20 heavy (non-hydrogen) atoms. The van der Waals surface area contributed by atoms with Crippen molar-refractivity contribution in [2.45, 2.75) is 27.2 Å². The molecule has 0 bridgehead atoms. The van der Waals surface area contributed by atoms with E-state index in [1.165, 1.54) is 6.07 Å². The molecule has 0 heterocycles. The molecule has 0 aliphatic carbocycles. The van der Waals surface area contributed by atoms with Gasteiger partial charge in [0, 0.05) is 19.2 Å². The van der Waals surface area contributed by atoms with Gasteiger partial charge in [0.25, 0.3) is 11.6 Å². The van der Waals surface area contributed by atoms with Crippen LogP contribution in [0.2, 0.25) is 0 Å². The van der Waals surface area contributed by atoms with Crippen LogP contribution in [0.4, 0.5) is 5.69 Å². The van der Waals surface area contributed by atoms with Gasteiger partial charge >= 0.3 is 0 Å². The van der Waals surface area contributed by atoms with Crippen LogP contribution in [0.5, 0.6) is 5.75 Å². The largest absolute Gasteiger partial charge is 0.508 e. The van der Waals surface area contributed by atoms with Gasteiger partial charge in [-0.25, -0.2) is 0 Å². The van der Waals surface area contributed by atoms with Crippen LogP contribution >= 0.6 is 0 Å². The number of hydrogen-bond acceptors (Lipinski definition) is 4. The molecule has 0 saturated carbocycles. The van der Waals surface area contributed by atoms with Crippen molar-refractivity contribution in [2.75, 3.05) is 13.1 Å². The van der Waals surface area contributed by atoms with Gasteiger partial charge in [-0.15, -0.1) is 0 Å². The third-order valence-electron chi connectivity index (χ3n) is 3.31. The molecule has 110 valence electrons. The third-order valence-corrected chi connectivity index (χ3v) is 3.31. The summed E-state index contributed by atoms with van der Waals surface area (Å²) in [5.41, 5.74) is -0.351. The van der Waals surface area contributed by atoms with Crippen molar-refractivity contribution < 1.29 is 14.8 Å². The highest BCUT2D eigenvalue weighted by Gasteiger charge is 2.25. The number of nitro groups is 1. The topological polar surface area (TPSA) is 83.7 Å². The zero-order chi connectivity index (χ0) is 15.3. The number of hydrogen-bond donors (Lipinski definition) is 1. The van der Waals surface area contributed by atoms with Gasteiger partial charge in [0.15, 0.2) is 0 Å². The minimum absolute atomic E-state index is 0.0693. The fourth-order valence-corrected chi connectivity index (χ4v) is 1.89.